The van der Waals surface area contributed by atoms with E-state index in [1.807, 2.05) is 19.1 Å². The summed E-state index contributed by atoms with van der Waals surface area (Å²) in [5, 5.41) is 0. The van der Waals surface area contributed by atoms with Gasteiger partial charge in [-0.3, -0.25) is 4.79 Å². The Morgan fingerprint density at radius 2 is 2.29 bits per heavy atom. The van der Waals surface area contributed by atoms with Gasteiger partial charge in [-0.2, -0.15) is 0 Å². The van der Waals surface area contributed by atoms with E-state index in [0.29, 0.717) is 18.9 Å². The van der Waals surface area contributed by atoms with Gasteiger partial charge >= 0.3 is 0 Å². The summed E-state index contributed by atoms with van der Waals surface area (Å²) in [7, 11) is 0. The van der Waals surface area contributed by atoms with Crippen LogP contribution >= 0.6 is 0 Å². The average molecular weight is 230 g/mol. The van der Waals surface area contributed by atoms with Crippen LogP contribution in [0.1, 0.15) is 37.7 Å². The molecule has 17 heavy (non-hydrogen) atoms. The molecular weight excluding hydrogens is 212 g/mol. The fraction of sp³-hybridized carbons (Fsp3) is 0.400. The number of allylic oxidation sites excluding steroid dienone is 1. The van der Waals surface area contributed by atoms with Crippen molar-refractivity contribution in [2.75, 3.05) is 6.61 Å². The van der Waals surface area contributed by atoms with Gasteiger partial charge in [0.05, 0.1) is 6.61 Å². The van der Waals surface area contributed by atoms with Crippen LogP contribution in [0, 0.1) is 0 Å². The lowest BCUT2D eigenvalue weighted by molar-refractivity contribution is -0.116. The molecule has 90 valence electrons. The monoisotopic (exact) mass is 230 g/mol. The first kappa shape index (κ1) is 11.9. The Balaban J connectivity index is 2.14. The first-order chi connectivity index (χ1) is 8.20. The Morgan fingerprint density at radius 3 is 3.00 bits per heavy atom. The molecule has 0 N–H and O–H groups in total. The lowest BCUT2D eigenvalue weighted by Gasteiger charge is -2.23. The van der Waals surface area contributed by atoms with Crippen molar-refractivity contribution in [3.63, 3.8) is 0 Å². The number of rotatable bonds is 3. The zero-order valence-electron chi connectivity index (χ0n) is 10.2. The second kappa shape index (κ2) is 5.17. The van der Waals surface area contributed by atoms with Crippen molar-refractivity contribution in [2.24, 2.45) is 0 Å². The summed E-state index contributed by atoms with van der Waals surface area (Å²) < 4.78 is 5.50. The SMILES string of the molecule is C=C1CC(c2cccc(OCC)c2)CCC1=O. The molecule has 0 aliphatic heterocycles. The summed E-state index contributed by atoms with van der Waals surface area (Å²) in [5.74, 6) is 1.55. The van der Waals surface area contributed by atoms with E-state index < -0.39 is 0 Å². The molecule has 2 heteroatoms. The number of carbonyl (C=O) groups is 1. The molecule has 0 amide bonds. The Kier molecular flexibility index (Phi) is 3.62. The Morgan fingerprint density at radius 1 is 1.47 bits per heavy atom. The van der Waals surface area contributed by atoms with Crippen LogP contribution in [0.25, 0.3) is 0 Å². The van der Waals surface area contributed by atoms with Crippen molar-refractivity contribution in [3.05, 3.63) is 42.0 Å². The molecular formula is C15H18O2. The van der Waals surface area contributed by atoms with Crippen molar-refractivity contribution in [2.45, 2.75) is 32.1 Å². The van der Waals surface area contributed by atoms with Crippen LogP contribution in [0.2, 0.25) is 0 Å². The maximum atomic E-state index is 11.4. The smallest absolute Gasteiger partial charge is 0.158 e. The first-order valence-corrected chi connectivity index (χ1v) is 6.14. The van der Waals surface area contributed by atoms with E-state index in [1.165, 1.54) is 5.56 Å². The molecule has 0 aromatic heterocycles. The zero-order valence-corrected chi connectivity index (χ0v) is 10.2. The van der Waals surface area contributed by atoms with E-state index in [2.05, 4.69) is 18.7 Å². The van der Waals surface area contributed by atoms with Crippen molar-refractivity contribution in [1.29, 1.82) is 0 Å². The Hall–Kier alpha value is -1.57. The third-order valence-electron chi connectivity index (χ3n) is 3.25. The minimum Gasteiger partial charge on any atom is -0.494 e. The summed E-state index contributed by atoms with van der Waals surface area (Å²) in [6.07, 6.45) is 2.34. The number of hydrogen-bond donors (Lipinski definition) is 0. The molecule has 1 aromatic rings. The summed E-state index contributed by atoms with van der Waals surface area (Å²) in [6, 6.07) is 8.17. The van der Waals surface area contributed by atoms with Crippen LogP contribution in [0.5, 0.6) is 5.75 Å². The van der Waals surface area contributed by atoms with E-state index in [0.717, 1.165) is 24.2 Å². The average Bonchev–Trinajstić information content (AvgIpc) is 2.33. The minimum atomic E-state index is 0.224. The number of ketones is 1. The molecule has 1 unspecified atom stereocenters. The van der Waals surface area contributed by atoms with E-state index in [1.54, 1.807) is 0 Å². The van der Waals surface area contributed by atoms with Gasteiger partial charge in [-0.25, -0.2) is 0 Å². The predicted octanol–water partition coefficient (Wildman–Crippen LogP) is 3.48. The molecule has 0 saturated heterocycles. The highest BCUT2D eigenvalue weighted by molar-refractivity contribution is 5.95. The second-order valence-electron chi connectivity index (χ2n) is 4.47. The van der Waals surface area contributed by atoms with Gasteiger partial charge in [-0.1, -0.05) is 18.7 Å². The summed E-state index contributed by atoms with van der Waals surface area (Å²) >= 11 is 0. The number of Topliss-reactive ketones (excluding diaryl/α,β-unsaturated/α-hetero) is 1. The number of ether oxygens (including phenoxy) is 1. The van der Waals surface area contributed by atoms with Crippen LogP contribution in [0.3, 0.4) is 0 Å². The van der Waals surface area contributed by atoms with Gasteiger partial charge in [0, 0.05) is 6.42 Å². The maximum absolute atomic E-state index is 11.4. The molecule has 1 aliphatic carbocycles. The topological polar surface area (TPSA) is 26.3 Å². The lowest BCUT2D eigenvalue weighted by Crippen LogP contribution is -2.15. The van der Waals surface area contributed by atoms with E-state index in [4.69, 9.17) is 4.74 Å². The summed E-state index contributed by atoms with van der Waals surface area (Å²) in [6.45, 7) is 6.51. The van der Waals surface area contributed by atoms with Gasteiger partial charge in [-0.05, 0) is 49.0 Å². The van der Waals surface area contributed by atoms with E-state index in [9.17, 15) is 4.79 Å². The molecule has 2 rings (SSSR count). The standard InChI is InChI=1S/C15H18O2/c1-3-17-14-6-4-5-12(10-14)13-7-8-15(16)11(2)9-13/h4-6,10,13H,2-3,7-9H2,1H3. The summed E-state index contributed by atoms with van der Waals surface area (Å²) in [5.41, 5.74) is 2.02. The lowest BCUT2D eigenvalue weighted by atomic mass is 9.81. The van der Waals surface area contributed by atoms with Crippen LogP contribution in [0.15, 0.2) is 36.4 Å². The molecule has 1 atom stereocenters. The van der Waals surface area contributed by atoms with E-state index in [-0.39, 0.29) is 5.78 Å². The molecule has 1 aromatic carbocycles. The van der Waals surface area contributed by atoms with Gasteiger partial charge < -0.3 is 4.74 Å². The molecule has 0 bridgehead atoms. The quantitative estimate of drug-likeness (QED) is 0.743. The van der Waals surface area contributed by atoms with Crippen LogP contribution in [0.4, 0.5) is 0 Å². The third kappa shape index (κ3) is 2.76. The van der Waals surface area contributed by atoms with Crippen molar-refractivity contribution in [1.82, 2.24) is 0 Å². The highest BCUT2D eigenvalue weighted by atomic mass is 16.5. The molecule has 0 heterocycles. The molecule has 2 nitrogen and oxygen atoms in total. The fourth-order valence-electron chi connectivity index (χ4n) is 2.30. The van der Waals surface area contributed by atoms with Crippen LogP contribution in [-0.2, 0) is 4.79 Å². The van der Waals surface area contributed by atoms with E-state index >= 15 is 0 Å². The molecule has 1 aliphatic rings. The predicted molar refractivity (Wildman–Crippen MR) is 68.4 cm³/mol. The van der Waals surface area contributed by atoms with Gasteiger partial charge in [0.1, 0.15) is 5.75 Å². The van der Waals surface area contributed by atoms with Crippen LogP contribution in [-0.4, -0.2) is 12.4 Å². The molecule has 1 fully saturated rings. The largest absolute Gasteiger partial charge is 0.494 e. The second-order valence-corrected chi connectivity index (χ2v) is 4.47. The van der Waals surface area contributed by atoms with Crippen molar-refractivity contribution in [3.8, 4) is 5.75 Å². The molecule has 0 radical (unpaired) electrons. The van der Waals surface area contributed by atoms with Gasteiger partial charge in [0.2, 0.25) is 0 Å². The highest BCUT2D eigenvalue weighted by Gasteiger charge is 2.23. The van der Waals surface area contributed by atoms with Gasteiger partial charge in [0.15, 0.2) is 5.78 Å². The van der Waals surface area contributed by atoms with Crippen LogP contribution < -0.4 is 4.74 Å². The minimum absolute atomic E-state index is 0.224. The number of carbonyl (C=O) groups excluding carboxylic acids is 1. The Bertz CT molecular complexity index is 434. The van der Waals surface area contributed by atoms with Crippen molar-refractivity contribution >= 4 is 5.78 Å². The molecule has 1 saturated carbocycles. The highest BCUT2D eigenvalue weighted by Crippen LogP contribution is 2.34. The maximum Gasteiger partial charge on any atom is 0.158 e. The zero-order chi connectivity index (χ0) is 12.3. The fourth-order valence-corrected chi connectivity index (χ4v) is 2.30. The third-order valence-corrected chi connectivity index (χ3v) is 3.25. The number of hydrogen-bond acceptors (Lipinski definition) is 2. The normalized spacial score (nSPS) is 20.4. The molecule has 0 spiro atoms. The van der Waals surface area contributed by atoms with Gasteiger partial charge in [0.25, 0.3) is 0 Å². The van der Waals surface area contributed by atoms with Crippen molar-refractivity contribution < 1.29 is 9.53 Å². The Labute approximate surface area is 102 Å². The summed E-state index contributed by atoms with van der Waals surface area (Å²) in [4.78, 5) is 11.4. The number of benzene rings is 1. The first-order valence-electron chi connectivity index (χ1n) is 6.14. The van der Waals surface area contributed by atoms with Gasteiger partial charge in [-0.15, -0.1) is 0 Å².